The number of aryl methyl sites for hydroxylation is 1. The maximum absolute atomic E-state index is 13.2. The number of allylic oxidation sites excluding steroid dienone is 1. The van der Waals surface area contributed by atoms with E-state index < -0.39 is 0 Å². The third-order valence-electron chi connectivity index (χ3n) is 5.78. The molecule has 2 unspecified atom stereocenters. The van der Waals surface area contributed by atoms with Crippen molar-refractivity contribution in [2.45, 2.75) is 42.5 Å². The number of Topliss-reactive ketones (excluding diaryl/α,β-unsaturated/α-hetero) is 1. The molecule has 0 bridgehead atoms. The third-order valence-corrected chi connectivity index (χ3v) is 9.03. The van der Waals surface area contributed by atoms with E-state index in [0.717, 1.165) is 53.8 Å². The summed E-state index contributed by atoms with van der Waals surface area (Å²) in [6.07, 6.45) is 7.12. The summed E-state index contributed by atoms with van der Waals surface area (Å²) in [7, 11) is 3.40. The second-order valence-corrected chi connectivity index (χ2v) is 10.8. The summed E-state index contributed by atoms with van der Waals surface area (Å²) < 4.78 is 0. The summed E-state index contributed by atoms with van der Waals surface area (Å²) >= 11 is 6.50. The van der Waals surface area contributed by atoms with Crippen molar-refractivity contribution in [3.63, 3.8) is 0 Å². The van der Waals surface area contributed by atoms with Crippen molar-refractivity contribution in [1.82, 2.24) is 9.88 Å². The molecule has 1 aromatic heterocycles. The number of benzene rings is 1. The van der Waals surface area contributed by atoms with Crippen LogP contribution in [0.3, 0.4) is 0 Å². The Balaban J connectivity index is 1.53. The molecule has 1 saturated heterocycles. The number of aromatic nitrogens is 1. The molecule has 0 spiro atoms. The molecule has 0 amide bonds. The summed E-state index contributed by atoms with van der Waals surface area (Å²) in [4.78, 5) is 31.3. The van der Waals surface area contributed by atoms with Gasteiger partial charge < -0.3 is 0 Å². The average molecular weight is 473 g/mol. The molecule has 162 valence electrons. The van der Waals surface area contributed by atoms with E-state index in [-0.39, 0.29) is 23.0 Å². The molecular weight excluding hydrogens is 448 g/mol. The molecule has 2 fully saturated rings. The molecule has 7 heteroatoms. The topological polar surface area (TPSA) is 50.3 Å². The van der Waals surface area contributed by atoms with Gasteiger partial charge in [0.25, 0.3) is 0 Å². The van der Waals surface area contributed by atoms with Crippen LogP contribution in [-0.4, -0.2) is 40.3 Å². The molecule has 2 aromatic rings. The van der Waals surface area contributed by atoms with E-state index >= 15 is 0 Å². The van der Waals surface area contributed by atoms with E-state index in [2.05, 4.69) is 22.9 Å². The van der Waals surface area contributed by atoms with Crippen LogP contribution in [0.5, 0.6) is 0 Å². The maximum Gasteiger partial charge on any atom is 0.157 e. The highest BCUT2D eigenvalue weighted by Gasteiger charge is 2.41. The lowest BCUT2D eigenvalue weighted by Gasteiger charge is -2.38. The van der Waals surface area contributed by atoms with Gasteiger partial charge in [-0.2, -0.15) is 0 Å². The Labute approximate surface area is 196 Å². The molecule has 1 aliphatic carbocycles. The van der Waals surface area contributed by atoms with Gasteiger partial charge in [-0.3, -0.25) is 14.5 Å². The third kappa shape index (κ3) is 5.43. The van der Waals surface area contributed by atoms with E-state index in [1.54, 1.807) is 33.9 Å². The van der Waals surface area contributed by atoms with Gasteiger partial charge in [0.05, 0.1) is 6.04 Å². The van der Waals surface area contributed by atoms with Crippen LogP contribution in [-0.2, 0) is 9.59 Å². The van der Waals surface area contributed by atoms with Gasteiger partial charge in [0.15, 0.2) is 5.78 Å². The number of piperidine rings is 1. The number of nitrogens with zero attached hydrogens (tertiary/aromatic N) is 2. The molecule has 0 N–H and O–H groups in total. The lowest BCUT2D eigenvalue weighted by atomic mass is 9.94. The van der Waals surface area contributed by atoms with Gasteiger partial charge in [-0.25, -0.2) is 4.98 Å². The molecule has 1 aliphatic heterocycles. The van der Waals surface area contributed by atoms with Gasteiger partial charge in [0.2, 0.25) is 0 Å². The van der Waals surface area contributed by atoms with Gasteiger partial charge >= 0.3 is 0 Å². The Morgan fingerprint density at radius 3 is 2.74 bits per heavy atom. The summed E-state index contributed by atoms with van der Waals surface area (Å²) in [6, 6.07) is 11.3. The van der Waals surface area contributed by atoms with Crippen LogP contribution in [0.2, 0.25) is 5.02 Å². The van der Waals surface area contributed by atoms with Gasteiger partial charge in [-0.15, -0.1) is 0 Å². The highest BCUT2D eigenvalue weighted by atomic mass is 35.5. The molecular formula is C24H25ClN2O2S2. The van der Waals surface area contributed by atoms with Crippen molar-refractivity contribution in [2.24, 2.45) is 5.92 Å². The number of likely N-dealkylation sites (tertiary alicyclic amines) is 1. The molecule has 1 saturated carbocycles. The predicted molar refractivity (Wildman–Crippen MR) is 128 cm³/mol. The minimum atomic E-state index is -0.354. The smallest absolute Gasteiger partial charge is 0.157 e. The standard InChI is InChI=1S/C24H25ClN2O2S2/c1-16-5-4-12-26-24(16)31-30-21-10-13-27(15-18(21)11-14-28)22(23(29)17-8-9-17)19-6-2-3-7-20(19)25/h2-7,11-12,14,17,21-22H,8-10,13,15H2,1H3/b18-11-. The van der Waals surface area contributed by atoms with Crippen molar-refractivity contribution in [3.05, 3.63) is 70.4 Å². The van der Waals surface area contributed by atoms with Crippen LogP contribution in [0, 0.1) is 12.8 Å². The zero-order chi connectivity index (χ0) is 21.8. The number of rotatable bonds is 8. The van der Waals surface area contributed by atoms with Crippen molar-refractivity contribution in [1.29, 1.82) is 0 Å². The summed E-state index contributed by atoms with van der Waals surface area (Å²) in [5, 5.41) is 1.83. The highest BCUT2D eigenvalue weighted by Crippen LogP contribution is 2.44. The Bertz CT molecular complexity index is 993. The van der Waals surface area contributed by atoms with E-state index in [1.807, 2.05) is 30.3 Å². The van der Waals surface area contributed by atoms with Crippen LogP contribution in [0.1, 0.15) is 36.4 Å². The Hall–Kier alpha value is -1.60. The van der Waals surface area contributed by atoms with E-state index in [9.17, 15) is 9.59 Å². The number of pyridine rings is 1. The fraction of sp³-hybridized carbons (Fsp3) is 0.375. The van der Waals surface area contributed by atoms with Crippen molar-refractivity contribution in [3.8, 4) is 0 Å². The largest absolute Gasteiger partial charge is 0.299 e. The Morgan fingerprint density at radius 2 is 2.03 bits per heavy atom. The van der Waals surface area contributed by atoms with Gasteiger partial charge in [0.1, 0.15) is 11.3 Å². The summed E-state index contributed by atoms with van der Waals surface area (Å²) in [6.45, 7) is 3.43. The molecule has 2 heterocycles. The predicted octanol–water partition coefficient (Wildman–Crippen LogP) is 5.70. The van der Waals surface area contributed by atoms with E-state index in [4.69, 9.17) is 11.6 Å². The van der Waals surface area contributed by atoms with Crippen LogP contribution in [0.25, 0.3) is 0 Å². The number of carbonyl (C=O) groups is 2. The maximum atomic E-state index is 13.2. The lowest BCUT2D eigenvalue weighted by molar-refractivity contribution is -0.125. The number of aldehydes is 1. The first kappa shape index (κ1) is 22.6. The van der Waals surface area contributed by atoms with Gasteiger partial charge in [-0.1, -0.05) is 46.7 Å². The van der Waals surface area contributed by atoms with Gasteiger partial charge in [0, 0.05) is 35.5 Å². The monoisotopic (exact) mass is 472 g/mol. The number of ketones is 1. The van der Waals surface area contributed by atoms with Crippen LogP contribution >= 0.6 is 33.2 Å². The molecule has 2 atom stereocenters. The summed E-state index contributed by atoms with van der Waals surface area (Å²) in [5.41, 5.74) is 3.07. The van der Waals surface area contributed by atoms with E-state index in [1.165, 1.54) is 0 Å². The fourth-order valence-corrected chi connectivity index (χ4v) is 6.97. The summed E-state index contributed by atoms with van der Waals surface area (Å²) in [5.74, 6) is 0.387. The van der Waals surface area contributed by atoms with Crippen molar-refractivity contribution in [2.75, 3.05) is 13.1 Å². The number of halogens is 1. The molecule has 2 aliphatic rings. The normalized spacial score (nSPS) is 21.7. The SMILES string of the molecule is Cc1cccnc1SSC1CCN(C(C(=O)C2CC2)c2ccccc2Cl)C/C1=C/C=O. The van der Waals surface area contributed by atoms with E-state index in [0.29, 0.717) is 11.6 Å². The molecule has 4 rings (SSSR count). The first-order valence-electron chi connectivity index (χ1n) is 10.5. The zero-order valence-electron chi connectivity index (χ0n) is 17.4. The van der Waals surface area contributed by atoms with Crippen molar-refractivity contribution < 1.29 is 9.59 Å². The minimum absolute atomic E-state index is 0.134. The van der Waals surface area contributed by atoms with Gasteiger partial charge in [-0.05, 0) is 71.9 Å². The molecule has 0 radical (unpaired) electrons. The molecule has 31 heavy (non-hydrogen) atoms. The van der Waals surface area contributed by atoms with Crippen molar-refractivity contribution >= 4 is 45.3 Å². The Kier molecular flexibility index (Phi) is 7.54. The number of carbonyl (C=O) groups excluding carboxylic acids is 2. The van der Waals surface area contributed by atoms with Crippen LogP contribution in [0.4, 0.5) is 0 Å². The van der Waals surface area contributed by atoms with Crippen LogP contribution in [0.15, 0.2) is 59.3 Å². The molecule has 4 nitrogen and oxygen atoms in total. The average Bonchev–Trinajstić information content (AvgIpc) is 3.61. The Morgan fingerprint density at radius 1 is 1.23 bits per heavy atom. The lowest BCUT2D eigenvalue weighted by Crippen LogP contribution is -2.42. The first-order chi connectivity index (χ1) is 15.1. The second kappa shape index (κ2) is 10.3. The quantitative estimate of drug-likeness (QED) is 0.279. The fourth-order valence-electron chi connectivity index (χ4n) is 3.94. The minimum Gasteiger partial charge on any atom is -0.299 e. The number of hydrogen-bond donors (Lipinski definition) is 0. The first-order valence-corrected chi connectivity index (χ1v) is 13.1. The van der Waals surface area contributed by atoms with Crippen LogP contribution < -0.4 is 0 Å². The second-order valence-electron chi connectivity index (χ2n) is 8.03. The highest BCUT2D eigenvalue weighted by molar-refractivity contribution is 8.77. The number of hydrogen-bond acceptors (Lipinski definition) is 6. The zero-order valence-corrected chi connectivity index (χ0v) is 19.8. The molecule has 1 aromatic carbocycles.